The number of nitrogens with one attached hydrogen (secondary N) is 1. The number of imidazole rings is 1. The summed E-state index contributed by atoms with van der Waals surface area (Å²) in [6.45, 7) is 10.1. The van der Waals surface area contributed by atoms with Crippen LogP contribution in [-0.2, 0) is 20.8 Å². The number of methoxy groups -OCH3 is 3. The maximum absolute atomic E-state index is 5.88. The molecule has 9 nitrogen and oxygen atoms in total. The standard InChI is InChI=1S/C26H40N6O3/c1-17-12-18(2)16-31(15-17)22-9-8-19-24(29-22)32(11-7-10-27)25(28-19)30-26(3)13-20(33-4)23(35-6)21(14-26)34-5/h8-9,13,17-18H,7,10-12,14-16,27H2,1-6H3,(H,28,30). The molecule has 0 radical (unpaired) electrons. The summed E-state index contributed by atoms with van der Waals surface area (Å²) in [6, 6.07) is 4.17. The van der Waals surface area contributed by atoms with Crippen LogP contribution in [0.15, 0.2) is 35.5 Å². The van der Waals surface area contributed by atoms with Crippen LogP contribution in [-0.4, -0.2) is 61.0 Å². The Kier molecular flexibility index (Phi) is 7.44. The van der Waals surface area contributed by atoms with E-state index in [0.29, 0.717) is 36.3 Å². The molecule has 0 bridgehead atoms. The van der Waals surface area contributed by atoms with Crippen molar-refractivity contribution >= 4 is 22.9 Å². The third kappa shape index (κ3) is 5.19. The Balaban J connectivity index is 1.71. The SMILES string of the molecule is COC1=CC(C)(Nc2nc3ccc(N4CC(C)CC(C)C4)nc3n2CCCN)CC(OC)=C1OC. The van der Waals surface area contributed by atoms with Crippen molar-refractivity contribution in [2.45, 2.75) is 52.1 Å². The molecule has 1 saturated heterocycles. The zero-order chi connectivity index (χ0) is 25.2. The average Bonchev–Trinajstić information content (AvgIpc) is 3.16. The molecule has 9 heteroatoms. The normalized spacial score (nSPS) is 25.0. The van der Waals surface area contributed by atoms with Crippen molar-refractivity contribution in [1.82, 2.24) is 14.5 Å². The van der Waals surface area contributed by atoms with Gasteiger partial charge in [-0.25, -0.2) is 9.97 Å². The van der Waals surface area contributed by atoms with E-state index in [9.17, 15) is 0 Å². The van der Waals surface area contributed by atoms with Gasteiger partial charge in [0.1, 0.15) is 17.1 Å². The van der Waals surface area contributed by atoms with Gasteiger partial charge in [-0.15, -0.1) is 0 Å². The number of anilines is 2. The Bertz CT molecular complexity index is 1100. The Morgan fingerprint density at radius 1 is 1.09 bits per heavy atom. The van der Waals surface area contributed by atoms with Crippen LogP contribution in [0.5, 0.6) is 0 Å². The fraction of sp³-hybridized carbons (Fsp3) is 0.615. The van der Waals surface area contributed by atoms with Gasteiger partial charge in [-0.1, -0.05) is 13.8 Å². The molecule has 35 heavy (non-hydrogen) atoms. The molecule has 3 atom stereocenters. The van der Waals surface area contributed by atoms with Gasteiger partial charge in [-0.3, -0.25) is 4.57 Å². The van der Waals surface area contributed by atoms with Gasteiger partial charge >= 0.3 is 0 Å². The Morgan fingerprint density at radius 2 is 1.83 bits per heavy atom. The number of piperidine rings is 1. The number of rotatable bonds is 9. The number of aromatic nitrogens is 3. The predicted molar refractivity (Wildman–Crippen MR) is 139 cm³/mol. The minimum atomic E-state index is -0.499. The van der Waals surface area contributed by atoms with E-state index in [4.69, 9.17) is 29.9 Å². The summed E-state index contributed by atoms with van der Waals surface area (Å²) in [5.41, 5.74) is 7.12. The van der Waals surface area contributed by atoms with Gasteiger partial charge in [0.05, 0.1) is 26.9 Å². The van der Waals surface area contributed by atoms with Crippen LogP contribution >= 0.6 is 0 Å². The molecular weight excluding hydrogens is 444 g/mol. The maximum Gasteiger partial charge on any atom is 0.205 e. The minimum absolute atomic E-state index is 0.499. The highest BCUT2D eigenvalue weighted by atomic mass is 16.5. The maximum atomic E-state index is 5.88. The molecule has 1 aliphatic heterocycles. The van der Waals surface area contributed by atoms with Crippen LogP contribution in [0.1, 0.15) is 40.0 Å². The van der Waals surface area contributed by atoms with E-state index >= 15 is 0 Å². The van der Waals surface area contributed by atoms with Crippen LogP contribution in [0, 0.1) is 11.8 Å². The van der Waals surface area contributed by atoms with E-state index in [-0.39, 0.29) is 0 Å². The lowest BCUT2D eigenvalue weighted by Gasteiger charge is -2.35. The van der Waals surface area contributed by atoms with Crippen molar-refractivity contribution in [1.29, 1.82) is 0 Å². The zero-order valence-corrected chi connectivity index (χ0v) is 21.9. The van der Waals surface area contributed by atoms with Crippen LogP contribution in [0.4, 0.5) is 11.8 Å². The monoisotopic (exact) mass is 484 g/mol. The molecule has 192 valence electrons. The summed E-state index contributed by atoms with van der Waals surface area (Å²) in [5.74, 6) is 5.04. The molecule has 2 aromatic rings. The van der Waals surface area contributed by atoms with Gasteiger partial charge in [0.15, 0.2) is 17.2 Å². The lowest BCUT2D eigenvalue weighted by molar-refractivity contribution is 0.165. The fourth-order valence-corrected chi connectivity index (χ4v) is 5.40. The van der Waals surface area contributed by atoms with Gasteiger partial charge in [0.25, 0.3) is 0 Å². The van der Waals surface area contributed by atoms with Crippen LogP contribution < -0.4 is 16.0 Å². The topological polar surface area (TPSA) is 99.7 Å². The number of hydrogen-bond acceptors (Lipinski definition) is 8. The van der Waals surface area contributed by atoms with Crippen LogP contribution in [0.2, 0.25) is 0 Å². The van der Waals surface area contributed by atoms with E-state index in [0.717, 1.165) is 54.7 Å². The minimum Gasteiger partial charge on any atom is -0.497 e. The van der Waals surface area contributed by atoms with E-state index in [1.807, 2.05) is 6.08 Å². The first-order valence-corrected chi connectivity index (χ1v) is 12.5. The summed E-state index contributed by atoms with van der Waals surface area (Å²) >= 11 is 0. The van der Waals surface area contributed by atoms with Crippen molar-refractivity contribution in [2.24, 2.45) is 17.6 Å². The van der Waals surface area contributed by atoms with Crippen molar-refractivity contribution < 1.29 is 14.2 Å². The molecule has 1 aliphatic carbocycles. The van der Waals surface area contributed by atoms with E-state index < -0.39 is 5.54 Å². The molecule has 2 aliphatic rings. The van der Waals surface area contributed by atoms with Crippen molar-refractivity contribution in [3.05, 3.63) is 35.5 Å². The molecule has 0 aromatic carbocycles. The first-order valence-electron chi connectivity index (χ1n) is 12.5. The average molecular weight is 485 g/mol. The fourth-order valence-electron chi connectivity index (χ4n) is 5.40. The number of fused-ring (bicyclic) bond motifs is 1. The van der Waals surface area contributed by atoms with Crippen molar-refractivity contribution in [2.75, 3.05) is 51.2 Å². The van der Waals surface area contributed by atoms with Gasteiger partial charge in [-0.05, 0) is 56.4 Å². The lowest BCUT2D eigenvalue weighted by Crippen LogP contribution is -2.39. The number of hydrogen-bond donors (Lipinski definition) is 2. The Hall–Kier alpha value is -2.94. The third-order valence-electron chi connectivity index (χ3n) is 6.88. The van der Waals surface area contributed by atoms with Gasteiger partial charge in [0.2, 0.25) is 5.95 Å². The highest BCUT2D eigenvalue weighted by Gasteiger charge is 2.35. The number of aryl methyl sites for hydroxylation is 1. The number of pyridine rings is 1. The molecule has 3 heterocycles. The van der Waals surface area contributed by atoms with E-state index in [1.165, 1.54) is 6.42 Å². The molecular formula is C26H40N6O3. The molecule has 0 saturated carbocycles. The third-order valence-corrected chi connectivity index (χ3v) is 6.88. The highest BCUT2D eigenvalue weighted by Crippen LogP contribution is 2.36. The van der Waals surface area contributed by atoms with Crippen LogP contribution in [0.3, 0.4) is 0 Å². The summed E-state index contributed by atoms with van der Waals surface area (Å²) in [5, 5.41) is 3.64. The van der Waals surface area contributed by atoms with Crippen molar-refractivity contribution in [3.8, 4) is 0 Å². The van der Waals surface area contributed by atoms with E-state index in [2.05, 4.69) is 47.7 Å². The number of nitrogens with zero attached hydrogens (tertiary/aromatic N) is 4. The highest BCUT2D eigenvalue weighted by molar-refractivity contribution is 5.77. The molecule has 2 aromatic heterocycles. The molecule has 3 unspecified atom stereocenters. The molecule has 4 rings (SSSR count). The molecule has 0 amide bonds. The summed E-state index contributed by atoms with van der Waals surface area (Å²) in [4.78, 5) is 12.4. The summed E-state index contributed by atoms with van der Waals surface area (Å²) in [6.07, 6.45) is 4.70. The van der Waals surface area contributed by atoms with Gasteiger partial charge in [0, 0.05) is 26.1 Å². The summed E-state index contributed by atoms with van der Waals surface area (Å²) in [7, 11) is 4.91. The second-order valence-electron chi connectivity index (χ2n) is 10.2. The number of nitrogens with two attached hydrogens (primary N) is 1. The van der Waals surface area contributed by atoms with Gasteiger partial charge < -0.3 is 30.2 Å². The zero-order valence-electron chi connectivity index (χ0n) is 21.9. The smallest absolute Gasteiger partial charge is 0.205 e. The lowest BCUT2D eigenvalue weighted by atomic mass is 9.90. The first-order chi connectivity index (χ1) is 16.8. The first kappa shape index (κ1) is 25.2. The van der Waals surface area contributed by atoms with Gasteiger partial charge in [-0.2, -0.15) is 0 Å². The molecule has 1 fully saturated rings. The second kappa shape index (κ2) is 10.4. The Labute approximate surface area is 208 Å². The van der Waals surface area contributed by atoms with Crippen LogP contribution in [0.25, 0.3) is 11.2 Å². The molecule has 0 spiro atoms. The number of ether oxygens (including phenoxy) is 3. The van der Waals surface area contributed by atoms with E-state index in [1.54, 1.807) is 21.3 Å². The second-order valence-corrected chi connectivity index (χ2v) is 10.2. The largest absolute Gasteiger partial charge is 0.497 e. The Morgan fingerprint density at radius 3 is 2.46 bits per heavy atom. The quantitative estimate of drug-likeness (QED) is 0.553. The summed E-state index contributed by atoms with van der Waals surface area (Å²) < 4.78 is 18.9. The van der Waals surface area contributed by atoms with Crippen molar-refractivity contribution in [3.63, 3.8) is 0 Å². The predicted octanol–water partition coefficient (Wildman–Crippen LogP) is 3.87. The molecule has 3 N–H and O–H groups in total.